The van der Waals surface area contributed by atoms with Gasteiger partial charge in [0.05, 0.1) is 0 Å². The molecule has 5 heteroatoms. The Morgan fingerprint density at radius 2 is 1.96 bits per heavy atom. The molecule has 5 nitrogen and oxygen atoms in total. The Balaban J connectivity index is 1.92. The van der Waals surface area contributed by atoms with Crippen molar-refractivity contribution in [1.82, 2.24) is 10.3 Å². The lowest BCUT2D eigenvalue weighted by Gasteiger charge is -2.14. The summed E-state index contributed by atoms with van der Waals surface area (Å²) in [5.41, 5.74) is 4.45. The lowest BCUT2D eigenvalue weighted by atomic mass is 9.98. The molecule has 0 bridgehead atoms. The van der Waals surface area contributed by atoms with E-state index in [1.807, 2.05) is 38.1 Å². The monoisotopic (exact) mass is 323 g/mol. The van der Waals surface area contributed by atoms with Gasteiger partial charge in [0.15, 0.2) is 0 Å². The Bertz CT molecular complexity index is 810. The first-order valence-electron chi connectivity index (χ1n) is 8.02. The fourth-order valence-corrected chi connectivity index (χ4v) is 2.66. The maximum atomic E-state index is 12.4. The second kappa shape index (κ2) is 6.07. The number of amides is 2. The van der Waals surface area contributed by atoms with Crippen molar-refractivity contribution in [3.63, 3.8) is 0 Å². The lowest BCUT2D eigenvalue weighted by Crippen LogP contribution is -2.34. The first-order chi connectivity index (χ1) is 11.4. The van der Waals surface area contributed by atoms with Crippen LogP contribution in [0.3, 0.4) is 0 Å². The summed E-state index contributed by atoms with van der Waals surface area (Å²) in [4.78, 5) is 27.3. The summed E-state index contributed by atoms with van der Waals surface area (Å²) in [5, 5.41) is 5.65. The number of benzene rings is 1. The van der Waals surface area contributed by atoms with Crippen LogP contribution >= 0.6 is 0 Å². The van der Waals surface area contributed by atoms with Gasteiger partial charge < -0.3 is 10.6 Å². The summed E-state index contributed by atoms with van der Waals surface area (Å²) in [6, 6.07) is 7.67. The van der Waals surface area contributed by atoms with Gasteiger partial charge >= 0.3 is 0 Å². The highest BCUT2D eigenvalue weighted by Gasteiger charge is 2.38. The quantitative estimate of drug-likeness (QED) is 0.830. The number of aromatic nitrogens is 1. The molecule has 1 aromatic heterocycles. The van der Waals surface area contributed by atoms with Gasteiger partial charge in [-0.25, -0.2) is 4.98 Å². The number of carbonyl (C=O) groups is 2. The molecule has 2 aromatic rings. The molecule has 1 fully saturated rings. The smallest absolute Gasteiger partial charge is 0.251 e. The van der Waals surface area contributed by atoms with Crippen LogP contribution in [0.25, 0.3) is 11.1 Å². The molecular weight excluding hydrogens is 302 g/mol. The summed E-state index contributed by atoms with van der Waals surface area (Å²) in [6.07, 6.45) is 4.40. The fraction of sp³-hybridized carbons (Fsp3) is 0.316. The number of nitrogens with one attached hydrogen (secondary N) is 2. The van der Waals surface area contributed by atoms with Crippen LogP contribution in [0.4, 0.5) is 5.82 Å². The number of hydrogen-bond donors (Lipinski definition) is 2. The van der Waals surface area contributed by atoms with Crippen molar-refractivity contribution in [2.24, 2.45) is 0 Å². The number of anilines is 1. The van der Waals surface area contributed by atoms with Crippen LogP contribution in [0.2, 0.25) is 0 Å². The van der Waals surface area contributed by atoms with E-state index in [0.29, 0.717) is 17.8 Å². The van der Waals surface area contributed by atoms with Gasteiger partial charge in [0.25, 0.3) is 5.91 Å². The molecule has 2 N–H and O–H groups in total. The van der Waals surface area contributed by atoms with E-state index in [4.69, 9.17) is 0 Å². The predicted molar refractivity (Wildman–Crippen MR) is 93.9 cm³/mol. The molecule has 0 aliphatic heterocycles. The number of pyridine rings is 1. The van der Waals surface area contributed by atoms with Crippen molar-refractivity contribution in [3.8, 4) is 11.1 Å². The van der Waals surface area contributed by atoms with Crippen LogP contribution in [0.1, 0.15) is 41.3 Å². The van der Waals surface area contributed by atoms with Crippen molar-refractivity contribution in [2.75, 3.05) is 5.32 Å². The molecule has 0 unspecified atom stereocenters. The van der Waals surface area contributed by atoms with Gasteiger partial charge in [0.1, 0.15) is 5.82 Å². The average Bonchev–Trinajstić information content (AvgIpc) is 3.27. The van der Waals surface area contributed by atoms with Gasteiger partial charge in [0.2, 0.25) is 6.41 Å². The molecule has 1 aromatic carbocycles. The number of carbonyl (C=O) groups excluding carboxylic acids is 2. The van der Waals surface area contributed by atoms with Crippen molar-refractivity contribution in [1.29, 1.82) is 0 Å². The Morgan fingerprint density at radius 1 is 1.21 bits per heavy atom. The minimum absolute atomic E-state index is 0.0393. The Hall–Kier alpha value is -2.69. The zero-order chi connectivity index (χ0) is 17.3. The van der Waals surface area contributed by atoms with Gasteiger partial charge in [-0.1, -0.05) is 6.07 Å². The van der Waals surface area contributed by atoms with Crippen molar-refractivity contribution in [3.05, 3.63) is 47.2 Å². The fourth-order valence-electron chi connectivity index (χ4n) is 2.66. The summed E-state index contributed by atoms with van der Waals surface area (Å²) in [7, 11) is 0. The van der Waals surface area contributed by atoms with Crippen LogP contribution < -0.4 is 10.6 Å². The lowest BCUT2D eigenvalue weighted by molar-refractivity contribution is -0.105. The highest BCUT2D eigenvalue weighted by Crippen LogP contribution is 2.35. The molecule has 2 amide bonds. The number of rotatable bonds is 5. The first-order valence-corrected chi connectivity index (χ1v) is 8.02. The van der Waals surface area contributed by atoms with Crippen LogP contribution in [-0.2, 0) is 4.79 Å². The maximum Gasteiger partial charge on any atom is 0.251 e. The third kappa shape index (κ3) is 3.30. The standard InChI is InChI=1S/C19H21N3O2/c1-12-4-5-14(18(24)22-19(3)6-7-19)9-16(12)15-8-13(2)17(20-10-15)21-11-23/h4-5,8-11H,6-7H2,1-3H3,(H,22,24)(H,20,21,23). The zero-order valence-electron chi connectivity index (χ0n) is 14.1. The minimum Gasteiger partial charge on any atom is -0.347 e. The molecule has 0 radical (unpaired) electrons. The Labute approximate surface area is 141 Å². The summed E-state index contributed by atoms with van der Waals surface area (Å²) in [6.45, 7) is 5.96. The van der Waals surface area contributed by atoms with Crippen LogP contribution in [0.5, 0.6) is 0 Å². The second-order valence-electron chi connectivity index (χ2n) is 6.70. The van der Waals surface area contributed by atoms with Crippen LogP contribution in [0.15, 0.2) is 30.5 Å². The SMILES string of the molecule is Cc1ccc(C(=O)NC2(C)CC2)cc1-c1cnc(NC=O)c(C)c1. The van der Waals surface area contributed by atoms with E-state index in [1.165, 1.54) is 0 Å². The van der Waals surface area contributed by atoms with Crippen molar-refractivity contribution >= 4 is 18.1 Å². The van der Waals surface area contributed by atoms with Gasteiger partial charge in [-0.2, -0.15) is 0 Å². The van der Waals surface area contributed by atoms with E-state index in [-0.39, 0.29) is 11.4 Å². The number of aryl methyl sites for hydroxylation is 2. The average molecular weight is 323 g/mol. The Kier molecular flexibility index (Phi) is 4.09. The normalized spacial score (nSPS) is 14.8. The second-order valence-corrected chi connectivity index (χ2v) is 6.70. The van der Waals surface area contributed by atoms with Gasteiger partial charge in [-0.05, 0) is 68.5 Å². The largest absolute Gasteiger partial charge is 0.347 e. The van der Waals surface area contributed by atoms with Crippen LogP contribution in [-0.4, -0.2) is 22.8 Å². The van der Waals surface area contributed by atoms with Gasteiger partial charge in [0, 0.05) is 22.9 Å². The molecular formula is C19H21N3O2. The molecule has 1 aliphatic carbocycles. The van der Waals surface area contributed by atoms with Crippen molar-refractivity contribution < 1.29 is 9.59 Å². The molecule has 124 valence electrons. The zero-order valence-corrected chi connectivity index (χ0v) is 14.1. The van der Waals surface area contributed by atoms with Gasteiger partial charge in [-0.15, -0.1) is 0 Å². The van der Waals surface area contributed by atoms with E-state index in [9.17, 15) is 9.59 Å². The molecule has 1 saturated carbocycles. The molecule has 0 saturated heterocycles. The van der Waals surface area contributed by atoms with Crippen molar-refractivity contribution in [2.45, 2.75) is 39.2 Å². The third-order valence-electron chi connectivity index (χ3n) is 4.50. The highest BCUT2D eigenvalue weighted by atomic mass is 16.2. The highest BCUT2D eigenvalue weighted by molar-refractivity contribution is 5.96. The molecule has 0 spiro atoms. The first kappa shape index (κ1) is 16.2. The molecule has 24 heavy (non-hydrogen) atoms. The molecule has 0 atom stereocenters. The number of hydrogen-bond acceptors (Lipinski definition) is 3. The van der Waals surface area contributed by atoms with E-state index in [2.05, 4.69) is 22.5 Å². The molecule has 3 rings (SSSR count). The van der Waals surface area contributed by atoms with Crippen LogP contribution in [0, 0.1) is 13.8 Å². The van der Waals surface area contributed by atoms with Gasteiger partial charge in [-0.3, -0.25) is 9.59 Å². The third-order valence-corrected chi connectivity index (χ3v) is 4.50. The van der Waals surface area contributed by atoms with E-state index in [1.54, 1.807) is 6.20 Å². The number of nitrogens with zero attached hydrogens (tertiary/aromatic N) is 1. The summed E-state index contributed by atoms with van der Waals surface area (Å²) >= 11 is 0. The Morgan fingerprint density at radius 3 is 2.58 bits per heavy atom. The van der Waals surface area contributed by atoms with E-state index >= 15 is 0 Å². The summed E-state index contributed by atoms with van der Waals surface area (Å²) in [5.74, 6) is 0.502. The topological polar surface area (TPSA) is 71.1 Å². The predicted octanol–water partition coefficient (Wildman–Crippen LogP) is 3.22. The van der Waals surface area contributed by atoms with E-state index < -0.39 is 0 Å². The summed E-state index contributed by atoms with van der Waals surface area (Å²) < 4.78 is 0. The maximum absolute atomic E-state index is 12.4. The molecule has 1 aliphatic rings. The minimum atomic E-state index is -0.0415. The molecule has 1 heterocycles. The van der Waals surface area contributed by atoms with E-state index in [0.717, 1.165) is 35.1 Å².